The Kier molecular flexibility index (Phi) is 4.77. The normalized spacial score (nSPS) is 11.1. The highest BCUT2D eigenvalue weighted by Gasteiger charge is 2.37. The standard InChI is InChI=1S/C21H19ClO2/c1-23-19-15-9-14-18(20(19)24-2)21(22,16-10-5-3-6-11-16)17-12-7-4-8-13-17/h3-15H,1-2H3. The topological polar surface area (TPSA) is 18.5 Å². The molecule has 3 aromatic rings. The number of benzene rings is 3. The average molecular weight is 339 g/mol. The van der Waals surface area contributed by atoms with Gasteiger partial charge in [-0.15, -0.1) is 11.6 Å². The monoisotopic (exact) mass is 338 g/mol. The molecule has 0 aromatic heterocycles. The Morgan fingerprint density at radius 1 is 0.667 bits per heavy atom. The van der Waals surface area contributed by atoms with E-state index in [1.165, 1.54) is 0 Å². The van der Waals surface area contributed by atoms with Crippen LogP contribution in [0, 0.1) is 0 Å². The van der Waals surface area contributed by atoms with Gasteiger partial charge in [0.05, 0.1) is 14.2 Å². The first-order valence-corrected chi connectivity index (χ1v) is 8.11. The van der Waals surface area contributed by atoms with Crippen molar-refractivity contribution in [3.63, 3.8) is 0 Å². The molecule has 2 nitrogen and oxygen atoms in total. The van der Waals surface area contributed by atoms with Crippen LogP contribution in [0.2, 0.25) is 0 Å². The molecule has 0 spiro atoms. The van der Waals surface area contributed by atoms with Gasteiger partial charge in [0.1, 0.15) is 4.87 Å². The highest BCUT2D eigenvalue weighted by atomic mass is 35.5. The Balaban J connectivity index is 2.32. The lowest BCUT2D eigenvalue weighted by Crippen LogP contribution is -2.23. The molecule has 24 heavy (non-hydrogen) atoms. The second-order valence-corrected chi connectivity index (χ2v) is 6.00. The van der Waals surface area contributed by atoms with Crippen LogP contribution in [0.5, 0.6) is 11.5 Å². The summed E-state index contributed by atoms with van der Waals surface area (Å²) >= 11 is 7.29. The Bertz CT molecular complexity index is 761. The van der Waals surface area contributed by atoms with Crippen molar-refractivity contribution >= 4 is 11.6 Å². The largest absolute Gasteiger partial charge is 0.493 e. The molecule has 0 radical (unpaired) electrons. The molecule has 0 amide bonds. The number of hydrogen-bond acceptors (Lipinski definition) is 2. The first-order valence-electron chi connectivity index (χ1n) is 7.73. The van der Waals surface area contributed by atoms with Crippen molar-refractivity contribution in [3.8, 4) is 11.5 Å². The average Bonchev–Trinajstić information content (AvgIpc) is 2.68. The molecule has 0 atom stereocenters. The lowest BCUT2D eigenvalue weighted by Gasteiger charge is -2.31. The third-order valence-electron chi connectivity index (χ3n) is 4.12. The van der Waals surface area contributed by atoms with Crippen molar-refractivity contribution in [2.75, 3.05) is 14.2 Å². The molecule has 0 N–H and O–H groups in total. The summed E-state index contributed by atoms with van der Waals surface area (Å²) in [7, 11) is 3.26. The maximum Gasteiger partial charge on any atom is 0.166 e. The van der Waals surface area contributed by atoms with E-state index < -0.39 is 4.87 Å². The predicted molar refractivity (Wildman–Crippen MR) is 98.2 cm³/mol. The summed E-state index contributed by atoms with van der Waals surface area (Å²) in [6, 6.07) is 25.8. The zero-order valence-electron chi connectivity index (χ0n) is 13.7. The van der Waals surface area contributed by atoms with E-state index >= 15 is 0 Å². The highest BCUT2D eigenvalue weighted by Crippen LogP contribution is 2.48. The van der Waals surface area contributed by atoms with E-state index in [1.807, 2.05) is 78.9 Å². The van der Waals surface area contributed by atoms with Gasteiger partial charge in [-0.3, -0.25) is 0 Å². The molecular weight excluding hydrogens is 320 g/mol. The molecule has 122 valence electrons. The summed E-state index contributed by atoms with van der Waals surface area (Å²) in [5.74, 6) is 1.30. The van der Waals surface area contributed by atoms with Crippen LogP contribution in [0.15, 0.2) is 78.9 Å². The van der Waals surface area contributed by atoms with Gasteiger partial charge in [0.2, 0.25) is 0 Å². The number of methoxy groups -OCH3 is 2. The second-order valence-electron chi connectivity index (χ2n) is 5.43. The zero-order valence-corrected chi connectivity index (χ0v) is 14.5. The number of hydrogen-bond donors (Lipinski definition) is 0. The maximum atomic E-state index is 7.29. The van der Waals surface area contributed by atoms with E-state index in [0.29, 0.717) is 11.5 Å². The van der Waals surface area contributed by atoms with E-state index in [-0.39, 0.29) is 0 Å². The summed E-state index contributed by atoms with van der Waals surface area (Å²) in [6.07, 6.45) is 0. The number of para-hydroxylation sites is 1. The summed E-state index contributed by atoms with van der Waals surface area (Å²) in [5.41, 5.74) is 2.80. The molecule has 0 aliphatic heterocycles. The van der Waals surface area contributed by atoms with Gasteiger partial charge in [0, 0.05) is 5.56 Å². The first-order chi connectivity index (χ1) is 11.7. The van der Waals surface area contributed by atoms with Crippen molar-refractivity contribution < 1.29 is 9.47 Å². The van der Waals surface area contributed by atoms with E-state index in [9.17, 15) is 0 Å². The molecule has 0 saturated heterocycles. The Morgan fingerprint density at radius 2 is 1.21 bits per heavy atom. The lowest BCUT2D eigenvalue weighted by atomic mass is 9.83. The van der Waals surface area contributed by atoms with Crippen LogP contribution < -0.4 is 9.47 Å². The van der Waals surface area contributed by atoms with Crippen LogP contribution in [0.4, 0.5) is 0 Å². The van der Waals surface area contributed by atoms with Crippen molar-refractivity contribution in [3.05, 3.63) is 95.6 Å². The van der Waals surface area contributed by atoms with Crippen molar-refractivity contribution in [1.29, 1.82) is 0 Å². The molecule has 0 heterocycles. The van der Waals surface area contributed by atoms with E-state index in [2.05, 4.69) is 0 Å². The SMILES string of the molecule is COc1cccc(C(Cl)(c2ccccc2)c2ccccc2)c1OC. The van der Waals surface area contributed by atoms with E-state index in [4.69, 9.17) is 21.1 Å². The van der Waals surface area contributed by atoms with Gasteiger partial charge >= 0.3 is 0 Å². The molecule has 0 aliphatic rings. The van der Waals surface area contributed by atoms with Gasteiger partial charge in [0.15, 0.2) is 11.5 Å². The van der Waals surface area contributed by atoms with Crippen LogP contribution in [0.25, 0.3) is 0 Å². The maximum absolute atomic E-state index is 7.29. The van der Waals surface area contributed by atoms with Crippen LogP contribution >= 0.6 is 11.6 Å². The fourth-order valence-electron chi connectivity index (χ4n) is 2.97. The first kappa shape index (κ1) is 16.4. The number of alkyl halides is 1. The van der Waals surface area contributed by atoms with Crippen LogP contribution in [-0.4, -0.2) is 14.2 Å². The second kappa shape index (κ2) is 6.98. The quantitative estimate of drug-likeness (QED) is 0.468. The van der Waals surface area contributed by atoms with Crippen LogP contribution in [0.3, 0.4) is 0 Å². The van der Waals surface area contributed by atoms with Gasteiger partial charge in [-0.2, -0.15) is 0 Å². The fourth-order valence-corrected chi connectivity index (χ4v) is 3.37. The molecule has 0 bridgehead atoms. The van der Waals surface area contributed by atoms with Gasteiger partial charge in [-0.1, -0.05) is 72.8 Å². The molecule has 3 rings (SSSR count). The minimum Gasteiger partial charge on any atom is -0.493 e. The number of halogens is 1. The third kappa shape index (κ3) is 2.74. The molecular formula is C21H19ClO2. The Labute approximate surface area is 147 Å². The van der Waals surface area contributed by atoms with Crippen molar-refractivity contribution in [2.24, 2.45) is 0 Å². The Hall–Kier alpha value is -2.45. The molecule has 0 unspecified atom stereocenters. The summed E-state index contributed by atoms with van der Waals surface area (Å²) in [4.78, 5) is -0.873. The molecule has 3 heteroatoms. The molecule has 0 saturated carbocycles. The number of ether oxygens (including phenoxy) is 2. The van der Waals surface area contributed by atoms with Crippen molar-refractivity contribution in [1.82, 2.24) is 0 Å². The summed E-state index contributed by atoms with van der Waals surface area (Å²) in [6.45, 7) is 0. The molecule has 3 aromatic carbocycles. The minimum atomic E-state index is -0.873. The minimum absolute atomic E-state index is 0.641. The van der Waals surface area contributed by atoms with Gasteiger partial charge in [0.25, 0.3) is 0 Å². The molecule has 0 fully saturated rings. The van der Waals surface area contributed by atoms with Crippen LogP contribution in [0.1, 0.15) is 16.7 Å². The van der Waals surface area contributed by atoms with Crippen LogP contribution in [-0.2, 0) is 4.87 Å². The third-order valence-corrected chi connectivity index (χ3v) is 4.76. The van der Waals surface area contributed by atoms with E-state index in [0.717, 1.165) is 16.7 Å². The Morgan fingerprint density at radius 3 is 1.67 bits per heavy atom. The van der Waals surface area contributed by atoms with E-state index in [1.54, 1.807) is 14.2 Å². The smallest absolute Gasteiger partial charge is 0.166 e. The predicted octanol–water partition coefficient (Wildman–Crippen LogP) is 5.23. The zero-order chi connectivity index (χ0) is 17.0. The summed E-state index contributed by atoms with van der Waals surface area (Å²) < 4.78 is 11.1. The van der Waals surface area contributed by atoms with Gasteiger partial charge in [-0.05, 0) is 17.2 Å². The fraction of sp³-hybridized carbons (Fsp3) is 0.143. The van der Waals surface area contributed by atoms with Gasteiger partial charge < -0.3 is 9.47 Å². The van der Waals surface area contributed by atoms with Gasteiger partial charge in [-0.25, -0.2) is 0 Å². The number of rotatable bonds is 5. The molecule has 0 aliphatic carbocycles. The lowest BCUT2D eigenvalue weighted by molar-refractivity contribution is 0.350. The summed E-state index contributed by atoms with van der Waals surface area (Å²) in [5, 5.41) is 0. The highest BCUT2D eigenvalue weighted by molar-refractivity contribution is 6.28. The van der Waals surface area contributed by atoms with Crippen molar-refractivity contribution in [2.45, 2.75) is 4.87 Å².